The van der Waals surface area contributed by atoms with Gasteiger partial charge in [0, 0.05) is 11.1 Å². The molecule has 0 spiro atoms. The van der Waals surface area contributed by atoms with Crippen molar-refractivity contribution in [2.45, 2.75) is 19.8 Å². The summed E-state index contributed by atoms with van der Waals surface area (Å²) in [6.45, 7) is 9.41. The molecule has 4 nitrogen and oxygen atoms in total. The molecule has 2 N–H and O–H groups in total. The molecule has 132 valence electrons. The van der Waals surface area contributed by atoms with Crippen LogP contribution in [-0.2, 0) is 12.8 Å². The molecule has 0 aromatic heterocycles. The summed E-state index contributed by atoms with van der Waals surface area (Å²) in [4.78, 5) is 0. The third-order valence-corrected chi connectivity index (χ3v) is 4.20. The van der Waals surface area contributed by atoms with Crippen LogP contribution in [0.3, 0.4) is 0 Å². The Balaban J connectivity index is 2.80. The van der Waals surface area contributed by atoms with Crippen LogP contribution in [0.4, 0.5) is 0 Å². The Morgan fingerprint density at radius 1 is 0.920 bits per heavy atom. The first-order valence-corrected chi connectivity index (χ1v) is 7.99. The van der Waals surface area contributed by atoms with Crippen LogP contribution in [0.2, 0.25) is 0 Å². The smallest absolute Gasteiger partial charge is 0.166 e. The third-order valence-electron chi connectivity index (χ3n) is 4.20. The van der Waals surface area contributed by atoms with Crippen LogP contribution < -0.4 is 9.47 Å². The fourth-order valence-corrected chi connectivity index (χ4v) is 2.93. The molecule has 2 rings (SSSR count). The van der Waals surface area contributed by atoms with Gasteiger partial charge in [0.25, 0.3) is 0 Å². The molecule has 0 amide bonds. The summed E-state index contributed by atoms with van der Waals surface area (Å²) in [5.74, 6) is 0.697. The average molecular weight is 340 g/mol. The Kier molecular flexibility index (Phi) is 5.75. The second kappa shape index (κ2) is 7.79. The Labute approximate surface area is 148 Å². The standard InChI is InChI=1S/C21H24O4/c1-6-8-14-10-16(19(22)18(11-14)24-4)17-12-15(9-7-2)13(3)21(25-5)20(17)23/h6-7,10-12,22-23H,1-2,8-9H2,3-5H3. The highest BCUT2D eigenvalue weighted by Crippen LogP contribution is 2.47. The van der Waals surface area contributed by atoms with E-state index in [-0.39, 0.29) is 11.5 Å². The number of allylic oxidation sites excluding steroid dienone is 2. The van der Waals surface area contributed by atoms with E-state index in [2.05, 4.69) is 13.2 Å². The van der Waals surface area contributed by atoms with Crippen molar-refractivity contribution in [3.05, 3.63) is 60.2 Å². The van der Waals surface area contributed by atoms with Gasteiger partial charge < -0.3 is 19.7 Å². The van der Waals surface area contributed by atoms with Crippen molar-refractivity contribution in [3.63, 3.8) is 0 Å². The van der Waals surface area contributed by atoms with Gasteiger partial charge in [0.1, 0.15) is 0 Å². The van der Waals surface area contributed by atoms with Gasteiger partial charge in [-0.3, -0.25) is 0 Å². The zero-order valence-corrected chi connectivity index (χ0v) is 14.9. The summed E-state index contributed by atoms with van der Waals surface area (Å²) in [5.41, 5.74) is 3.70. The topological polar surface area (TPSA) is 58.9 Å². The predicted octanol–water partition coefficient (Wildman–Crippen LogP) is 4.55. The summed E-state index contributed by atoms with van der Waals surface area (Å²) in [7, 11) is 3.01. The molecule has 0 fully saturated rings. The minimum atomic E-state index is -0.0268. The molecule has 2 aromatic carbocycles. The number of aromatic hydroxyl groups is 2. The lowest BCUT2D eigenvalue weighted by atomic mass is 9.93. The van der Waals surface area contributed by atoms with Crippen molar-refractivity contribution in [1.82, 2.24) is 0 Å². The molecule has 0 bridgehead atoms. The second-order valence-electron chi connectivity index (χ2n) is 5.77. The second-order valence-corrected chi connectivity index (χ2v) is 5.77. The van der Waals surface area contributed by atoms with E-state index in [9.17, 15) is 10.2 Å². The van der Waals surface area contributed by atoms with Crippen molar-refractivity contribution >= 4 is 0 Å². The van der Waals surface area contributed by atoms with E-state index < -0.39 is 0 Å². The quantitative estimate of drug-likeness (QED) is 0.726. The van der Waals surface area contributed by atoms with Gasteiger partial charge in [0.15, 0.2) is 23.0 Å². The molecule has 0 unspecified atom stereocenters. The zero-order valence-electron chi connectivity index (χ0n) is 14.9. The first kappa shape index (κ1) is 18.5. The molecule has 0 saturated heterocycles. The molecule has 2 aromatic rings. The maximum atomic E-state index is 10.7. The normalized spacial score (nSPS) is 10.4. The van der Waals surface area contributed by atoms with E-state index >= 15 is 0 Å². The fourth-order valence-electron chi connectivity index (χ4n) is 2.93. The van der Waals surface area contributed by atoms with Crippen molar-refractivity contribution in [2.24, 2.45) is 0 Å². The van der Waals surface area contributed by atoms with Gasteiger partial charge >= 0.3 is 0 Å². The number of phenols is 2. The molecule has 0 aliphatic heterocycles. The van der Waals surface area contributed by atoms with E-state index in [0.29, 0.717) is 35.5 Å². The number of methoxy groups -OCH3 is 2. The van der Waals surface area contributed by atoms with Gasteiger partial charge in [0.05, 0.1) is 14.2 Å². The maximum Gasteiger partial charge on any atom is 0.166 e. The number of rotatable bonds is 7. The maximum absolute atomic E-state index is 10.7. The lowest BCUT2D eigenvalue weighted by Crippen LogP contribution is -1.97. The van der Waals surface area contributed by atoms with Gasteiger partial charge in [-0.15, -0.1) is 13.2 Å². The molecule has 0 radical (unpaired) electrons. The van der Waals surface area contributed by atoms with Gasteiger partial charge in [0.2, 0.25) is 0 Å². The molecule has 0 atom stereocenters. The molecule has 0 heterocycles. The van der Waals surface area contributed by atoms with Crippen LogP contribution >= 0.6 is 0 Å². The SMILES string of the molecule is C=CCc1cc(OC)c(O)c(-c2cc(CC=C)c(C)c(OC)c2O)c1. The minimum absolute atomic E-state index is 0.0130. The number of hydrogen-bond donors (Lipinski definition) is 2. The van der Waals surface area contributed by atoms with E-state index in [4.69, 9.17) is 9.47 Å². The Morgan fingerprint density at radius 3 is 2.12 bits per heavy atom. The van der Waals surface area contributed by atoms with Crippen molar-refractivity contribution in [2.75, 3.05) is 14.2 Å². The van der Waals surface area contributed by atoms with Crippen molar-refractivity contribution < 1.29 is 19.7 Å². The highest BCUT2D eigenvalue weighted by atomic mass is 16.5. The van der Waals surface area contributed by atoms with Crippen molar-refractivity contribution in [1.29, 1.82) is 0 Å². The van der Waals surface area contributed by atoms with Crippen LogP contribution in [0.1, 0.15) is 16.7 Å². The van der Waals surface area contributed by atoms with Crippen molar-refractivity contribution in [3.8, 4) is 34.1 Å². The van der Waals surface area contributed by atoms with Crippen LogP contribution in [-0.4, -0.2) is 24.4 Å². The summed E-state index contributed by atoms with van der Waals surface area (Å²) in [5, 5.41) is 21.3. The first-order chi connectivity index (χ1) is 12.0. The molecule has 0 aliphatic rings. The van der Waals surface area contributed by atoms with Gasteiger partial charge in [-0.05, 0) is 54.7 Å². The van der Waals surface area contributed by atoms with Crippen LogP contribution in [0.15, 0.2) is 43.5 Å². The summed E-state index contributed by atoms with van der Waals surface area (Å²) in [6.07, 6.45) is 4.80. The summed E-state index contributed by atoms with van der Waals surface area (Å²) >= 11 is 0. The van der Waals surface area contributed by atoms with Gasteiger partial charge in [-0.2, -0.15) is 0 Å². The van der Waals surface area contributed by atoms with Crippen LogP contribution in [0, 0.1) is 6.92 Å². The molecular weight excluding hydrogens is 316 g/mol. The van der Waals surface area contributed by atoms with E-state index in [0.717, 1.165) is 16.7 Å². The molecule has 4 heteroatoms. The average Bonchev–Trinajstić information content (AvgIpc) is 2.60. The number of benzene rings is 2. The zero-order chi connectivity index (χ0) is 18.6. The molecule has 0 aliphatic carbocycles. The minimum Gasteiger partial charge on any atom is -0.504 e. The molecule has 0 saturated carbocycles. The van der Waals surface area contributed by atoms with Crippen LogP contribution in [0.25, 0.3) is 11.1 Å². The summed E-state index contributed by atoms with van der Waals surface area (Å²) < 4.78 is 10.7. The molecular formula is C21H24O4. The Bertz CT molecular complexity index is 806. The Hall–Kier alpha value is -2.88. The number of phenolic OH excluding ortho intramolecular Hbond substituents is 2. The highest BCUT2D eigenvalue weighted by Gasteiger charge is 2.20. The van der Waals surface area contributed by atoms with Gasteiger partial charge in [-0.25, -0.2) is 0 Å². The van der Waals surface area contributed by atoms with E-state index in [1.54, 1.807) is 18.2 Å². The third kappa shape index (κ3) is 3.48. The van der Waals surface area contributed by atoms with Crippen LogP contribution in [0.5, 0.6) is 23.0 Å². The predicted molar refractivity (Wildman–Crippen MR) is 101 cm³/mol. The lowest BCUT2D eigenvalue weighted by Gasteiger charge is -2.18. The van der Waals surface area contributed by atoms with Gasteiger partial charge in [-0.1, -0.05) is 12.2 Å². The Morgan fingerprint density at radius 2 is 1.56 bits per heavy atom. The number of ether oxygens (including phenoxy) is 2. The monoisotopic (exact) mass is 340 g/mol. The fraction of sp³-hybridized carbons (Fsp3) is 0.238. The lowest BCUT2D eigenvalue weighted by molar-refractivity contribution is 0.369. The molecule has 25 heavy (non-hydrogen) atoms. The largest absolute Gasteiger partial charge is 0.504 e. The summed E-state index contributed by atoms with van der Waals surface area (Å²) in [6, 6.07) is 5.43. The van der Waals surface area contributed by atoms with E-state index in [1.165, 1.54) is 14.2 Å². The first-order valence-electron chi connectivity index (χ1n) is 7.99. The number of hydrogen-bond acceptors (Lipinski definition) is 4. The highest BCUT2D eigenvalue weighted by molar-refractivity contribution is 5.82. The van der Waals surface area contributed by atoms with E-state index in [1.807, 2.05) is 19.1 Å².